The minimum Gasteiger partial charge on any atom is -0.340 e. The Kier molecular flexibility index (Phi) is 5.37. The molecule has 6 heteroatoms. The van der Waals surface area contributed by atoms with E-state index in [-0.39, 0.29) is 20.1 Å². The molecule has 0 fully saturated rings. The van der Waals surface area contributed by atoms with Crippen molar-refractivity contribution in [3.05, 3.63) is 90.0 Å². The maximum atomic E-state index is 4.60. The number of para-hydroxylation sites is 1. The summed E-state index contributed by atoms with van der Waals surface area (Å²) >= 11 is 0. The summed E-state index contributed by atoms with van der Waals surface area (Å²) in [7, 11) is 0. The normalized spacial score (nSPS) is 10.9. The number of benzene rings is 3. The molecule has 0 atom stereocenters. The van der Waals surface area contributed by atoms with Gasteiger partial charge in [-0.05, 0) is 49.5 Å². The van der Waals surface area contributed by atoms with Crippen molar-refractivity contribution in [2.45, 2.75) is 20.8 Å². The molecule has 2 aromatic heterocycles. The summed E-state index contributed by atoms with van der Waals surface area (Å²) in [5, 5.41) is 4.51. The van der Waals surface area contributed by atoms with E-state index in [1.54, 1.807) is 6.33 Å². The van der Waals surface area contributed by atoms with Gasteiger partial charge in [0.15, 0.2) is 0 Å². The van der Waals surface area contributed by atoms with Crippen LogP contribution in [0.4, 0.5) is 0 Å². The van der Waals surface area contributed by atoms with E-state index in [9.17, 15) is 0 Å². The number of hydrogen-bond acceptors (Lipinski definition) is 3. The zero-order valence-corrected chi connectivity index (χ0v) is 19.3. The van der Waals surface area contributed by atoms with Crippen LogP contribution in [0.2, 0.25) is 0 Å². The van der Waals surface area contributed by atoms with E-state index < -0.39 is 0 Å². The van der Waals surface area contributed by atoms with E-state index in [0.717, 1.165) is 33.8 Å². The molecule has 30 heavy (non-hydrogen) atoms. The molecule has 0 spiro atoms. The molecule has 5 rings (SSSR count). The summed E-state index contributed by atoms with van der Waals surface area (Å²) < 4.78 is 3.96. The second kappa shape index (κ2) is 7.98. The van der Waals surface area contributed by atoms with Crippen LogP contribution in [0.1, 0.15) is 16.7 Å². The molecule has 2 heterocycles. The number of nitrogens with zero attached hydrogens (tertiary/aromatic N) is 5. The molecular formula is C24H20IrN5-. The first-order valence-electron chi connectivity index (χ1n) is 9.54. The Bertz CT molecular complexity index is 1310. The third kappa shape index (κ3) is 3.38. The van der Waals surface area contributed by atoms with Crippen molar-refractivity contribution < 1.29 is 20.1 Å². The third-order valence-corrected chi connectivity index (χ3v) is 5.15. The standard InChI is InChI=1S/C24H20N5.Ir/c1-16-11-17(2)23(18(3)12-16)29-24(25-14-27-29)19-9-10-22-21(13-19)26-15-28(22)20-7-5-4-6-8-20;/h4-8,10-15H,1-3H3;/q-1;. The quantitative estimate of drug-likeness (QED) is 0.287. The van der Waals surface area contributed by atoms with Crippen LogP contribution in [0.15, 0.2) is 67.3 Å². The average molecular weight is 571 g/mol. The SMILES string of the molecule is Cc1cc(C)c(-n2ncnc2-c2[c-]cc3c(c2)ncn3-c2ccccc2)c(C)c1.[Ir]. The summed E-state index contributed by atoms with van der Waals surface area (Å²) in [4.78, 5) is 9.13. The van der Waals surface area contributed by atoms with E-state index in [1.807, 2.05) is 41.3 Å². The van der Waals surface area contributed by atoms with Crippen molar-refractivity contribution >= 4 is 11.0 Å². The Morgan fingerprint density at radius 3 is 2.37 bits per heavy atom. The fourth-order valence-corrected chi connectivity index (χ4v) is 3.97. The van der Waals surface area contributed by atoms with Crippen molar-refractivity contribution in [1.29, 1.82) is 0 Å². The minimum absolute atomic E-state index is 0. The minimum atomic E-state index is 0. The average Bonchev–Trinajstić information content (AvgIpc) is 3.34. The summed E-state index contributed by atoms with van der Waals surface area (Å²) in [5.41, 5.74) is 8.49. The molecular weight excluding hydrogens is 551 g/mol. The Hall–Kier alpha value is -3.08. The molecule has 1 radical (unpaired) electrons. The van der Waals surface area contributed by atoms with Crippen LogP contribution < -0.4 is 0 Å². The molecule has 0 aliphatic carbocycles. The van der Waals surface area contributed by atoms with Gasteiger partial charge < -0.3 is 4.57 Å². The predicted molar refractivity (Wildman–Crippen MR) is 114 cm³/mol. The smallest absolute Gasteiger partial charge is 0.127 e. The molecule has 0 aliphatic rings. The van der Waals surface area contributed by atoms with Crippen LogP contribution in [0.25, 0.3) is 33.8 Å². The Morgan fingerprint density at radius 1 is 0.900 bits per heavy atom. The molecule has 5 aromatic rings. The molecule has 0 bridgehead atoms. The molecule has 0 saturated carbocycles. The van der Waals surface area contributed by atoms with Crippen LogP contribution in [-0.4, -0.2) is 24.3 Å². The molecule has 5 nitrogen and oxygen atoms in total. The van der Waals surface area contributed by atoms with Crippen molar-refractivity contribution in [3.63, 3.8) is 0 Å². The number of aromatic nitrogens is 5. The summed E-state index contributed by atoms with van der Waals surface area (Å²) in [6.07, 6.45) is 3.44. The first kappa shape index (κ1) is 20.2. The summed E-state index contributed by atoms with van der Waals surface area (Å²) in [6.45, 7) is 6.32. The number of aryl methyl sites for hydroxylation is 3. The second-order valence-corrected chi connectivity index (χ2v) is 7.31. The Balaban J connectivity index is 0.00000218. The number of rotatable bonds is 3. The van der Waals surface area contributed by atoms with Crippen LogP contribution in [0.3, 0.4) is 0 Å². The maximum absolute atomic E-state index is 4.60. The van der Waals surface area contributed by atoms with Crippen LogP contribution >= 0.6 is 0 Å². The van der Waals surface area contributed by atoms with Gasteiger partial charge in [0, 0.05) is 31.3 Å². The monoisotopic (exact) mass is 571 g/mol. The molecule has 3 aromatic carbocycles. The molecule has 0 amide bonds. The predicted octanol–water partition coefficient (Wildman–Crippen LogP) is 5.00. The van der Waals surface area contributed by atoms with E-state index in [0.29, 0.717) is 0 Å². The van der Waals surface area contributed by atoms with Gasteiger partial charge in [-0.2, -0.15) is 5.10 Å². The summed E-state index contributed by atoms with van der Waals surface area (Å²) in [6, 6.07) is 21.9. The van der Waals surface area contributed by atoms with Gasteiger partial charge in [0.2, 0.25) is 0 Å². The van der Waals surface area contributed by atoms with Crippen molar-refractivity contribution in [2.24, 2.45) is 0 Å². The fourth-order valence-electron chi connectivity index (χ4n) is 3.97. The Labute approximate surface area is 188 Å². The van der Waals surface area contributed by atoms with Gasteiger partial charge >= 0.3 is 0 Å². The zero-order chi connectivity index (χ0) is 20.0. The second-order valence-electron chi connectivity index (χ2n) is 7.31. The largest absolute Gasteiger partial charge is 0.340 e. The van der Waals surface area contributed by atoms with Gasteiger partial charge in [-0.25, -0.2) is 0 Å². The third-order valence-electron chi connectivity index (χ3n) is 5.15. The summed E-state index contributed by atoms with van der Waals surface area (Å²) in [5.74, 6) is 0.760. The zero-order valence-electron chi connectivity index (χ0n) is 16.9. The van der Waals surface area contributed by atoms with Gasteiger partial charge in [0.05, 0.1) is 17.8 Å². The number of hydrogen-bond donors (Lipinski definition) is 0. The van der Waals surface area contributed by atoms with Gasteiger partial charge in [0.25, 0.3) is 0 Å². The Morgan fingerprint density at radius 2 is 1.63 bits per heavy atom. The molecule has 151 valence electrons. The maximum Gasteiger partial charge on any atom is 0.127 e. The van der Waals surface area contributed by atoms with E-state index in [4.69, 9.17) is 0 Å². The van der Waals surface area contributed by atoms with Gasteiger partial charge in [-0.15, -0.1) is 23.8 Å². The van der Waals surface area contributed by atoms with Crippen molar-refractivity contribution in [2.75, 3.05) is 0 Å². The van der Waals surface area contributed by atoms with Crippen LogP contribution in [-0.2, 0) is 20.1 Å². The first-order chi connectivity index (χ1) is 14.1. The van der Waals surface area contributed by atoms with Crippen LogP contribution in [0.5, 0.6) is 0 Å². The number of fused-ring (bicyclic) bond motifs is 1. The van der Waals surface area contributed by atoms with E-state index >= 15 is 0 Å². The van der Waals surface area contributed by atoms with Gasteiger partial charge in [-0.1, -0.05) is 35.9 Å². The number of imidazole rings is 1. The first-order valence-corrected chi connectivity index (χ1v) is 9.54. The van der Waals surface area contributed by atoms with Gasteiger partial charge in [0.1, 0.15) is 6.33 Å². The fraction of sp³-hybridized carbons (Fsp3) is 0.125. The van der Waals surface area contributed by atoms with Gasteiger partial charge in [-0.3, -0.25) is 14.6 Å². The molecule has 0 unspecified atom stereocenters. The van der Waals surface area contributed by atoms with E-state index in [2.05, 4.69) is 70.7 Å². The topological polar surface area (TPSA) is 48.5 Å². The van der Waals surface area contributed by atoms with Crippen molar-refractivity contribution in [1.82, 2.24) is 24.3 Å². The van der Waals surface area contributed by atoms with Crippen LogP contribution in [0, 0.1) is 26.8 Å². The molecule has 0 saturated heterocycles. The molecule has 0 N–H and O–H groups in total. The molecule has 0 aliphatic heterocycles. The van der Waals surface area contributed by atoms with Crippen molar-refractivity contribution in [3.8, 4) is 22.8 Å². The van der Waals surface area contributed by atoms with E-state index in [1.165, 1.54) is 16.7 Å².